The van der Waals surface area contributed by atoms with Crippen LogP contribution in [-0.4, -0.2) is 0 Å². The number of hydrogen-bond donors (Lipinski definition) is 1. The lowest BCUT2D eigenvalue weighted by Gasteiger charge is -2.20. The average molecular weight is 394 g/mol. The van der Waals surface area contributed by atoms with Gasteiger partial charge in [0.05, 0.1) is 0 Å². The van der Waals surface area contributed by atoms with Crippen molar-refractivity contribution in [3.8, 4) is 0 Å². The van der Waals surface area contributed by atoms with Crippen LogP contribution in [0.3, 0.4) is 0 Å². The minimum atomic E-state index is 0.585. The van der Waals surface area contributed by atoms with Crippen LogP contribution < -0.4 is 5.32 Å². The van der Waals surface area contributed by atoms with Crippen LogP contribution in [0.2, 0.25) is 0 Å². The summed E-state index contributed by atoms with van der Waals surface area (Å²) in [6.45, 7) is 18.5. The van der Waals surface area contributed by atoms with Gasteiger partial charge in [0.15, 0.2) is 0 Å². The van der Waals surface area contributed by atoms with Crippen LogP contribution in [0.15, 0.2) is 36.4 Å². The van der Waals surface area contributed by atoms with Crippen molar-refractivity contribution in [2.45, 2.75) is 105 Å². The number of rotatable bonds is 10. The third-order valence-electron chi connectivity index (χ3n) is 6.97. The van der Waals surface area contributed by atoms with Crippen LogP contribution >= 0.6 is 0 Å². The van der Waals surface area contributed by atoms with Crippen LogP contribution in [0.5, 0.6) is 0 Å². The summed E-state index contributed by atoms with van der Waals surface area (Å²) in [5.41, 5.74) is 8.27. The molecule has 0 saturated carbocycles. The summed E-state index contributed by atoms with van der Waals surface area (Å²) in [6, 6.07) is 14.3. The smallest absolute Gasteiger partial charge is 0.0389 e. The van der Waals surface area contributed by atoms with E-state index in [4.69, 9.17) is 0 Å². The predicted octanol–water partition coefficient (Wildman–Crippen LogP) is 9.48. The quantitative estimate of drug-likeness (QED) is 0.423. The monoisotopic (exact) mass is 393 g/mol. The Morgan fingerprint density at radius 1 is 0.483 bits per heavy atom. The van der Waals surface area contributed by atoms with E-state index in [1.165, 1.54) is 59.3 Å². The van der Waals surface area contributed by atoms with Crippen LogP contribution in [0.25, 0.3) is 0 Å². The van der Waals surface area contributed by atoms with Crippen LogP contribution in [-0.2, 0) is 0 Å². The Balaban J connectivity index is 2.48. The van der Waals surface area contributed by atoms with Crippen molar-refractivity contribution in [2.75, 3.05) is 5.32 Å². The topological polar surface area (TPSA) is 12.0 Å². The Kier molecular flexibility index (Phi) is 8.80. The van der Waals surface area contributed by atoms with E-state index in [-0.39, 0.29) is 0 Å². The molecule has 0 bridgehead atoms. The summed E-state index contributed by atoms with van der Waals surface area (Å²) in [5, 5.41) is 3.78. The molecule has 2 rings (SSSR count). The molecule has 1 N–H and O–H groups in total. The molecule has 1 nitrogen and oxygen atoms in total. The molecule has 0 aliphatic carbocycles. The first-order valence-electron chi connectivity index (χ1n) is 11.9. The fraction of sp³-hybridized carbons (Fsp3) is 0.571. The van der Waals surface area contributed by atoms with E-state index in [2.05, 4.69) is 97.1 Å². The molecule has 2 aromatic carbocycles. The van der Waals surface area contributed by atoms with E-state index in [1.54, 1.807) is 0 Å². The average Bonchev–Trinajstić information content (AvgIpc) is 2.76. The van der Waals surface area contributed by atoms with E-state index in [0.717, 1.165) is 0 Å². The van der Waals surface area contributed by atoms with Crippen molar-refractivity contribution in [1.82, 2.24) is 0 Å². The summed E-state index contributed by atoms with van der Waals surface area (Å²) < 4.78 is 0. The molecule has 0 heterocycles. The summed E-state index contributed by atoms with van der Waals surface area (Å²) in [7, 11) is 0. The zero-order chi connectivity index (χ0) is 21.6. The van der Waals surface area contributed by atoms with Crippen molar-refractivity contribution in [1.29, 1.82) is 0 Å². The molecule has 1 heteroatoms. The maximum atomic E-state index is 3.78. The maximum absolute atomic E-state index is 3.78. The lowest BCUT2D eigenvalue weighted by molar-refractivity contribution is 0.711. The largest absolute Gasteiger partial charge is 0.355 e. The highest BCUT2D eigenvalue weighted by molar-refractivity contribution is 5.64. The van der Waals surface area contributed by atoms with Crippen molar-refractivity contribution in [2.24, 2.45) is 0 Å². The predicted molar refractivity (Wildman–Crippen MR) is 131 cm³/mol. The Labute approximate surface area is 180 Å². The zero-order valence-electron chi connectivity index (χ0n) is 20.1. The molecule has 4 atom stereocenters. The van der Waals surface area contributed by atoms with Crippen molar-refractivity contribution < 1.29 is 0 Å². The first-order valence-corrected chi connectivity index (χ1v) is 11.9. The first-order chi connectivity index (χ1) is 13.8. The molecule has 0 radical (unpaired) electrons. The third kappa shape index (κ3) is 6.11. The SMILES string of the molecule is CCC(C)c1cc(Nc2cc(C(C)CC)cc(C(C)CC)c2)cc(C(C)CC)c1. The van der Waals surface area contributed by atoms with Gasteiger partial charge in [-0.05, 0) is 95.9 Å². The van der Waals surface area contributed by atoms with Crippen molar-refractivity contribution in [3.63, 3.8) is 0 Å². The lowest BCUT2D eigenvalue weighted by atomic mass is 9.90. The molecular weight excluding hydrogens is 350 g/mol. The van der Waals surface area contributed by atoms with Crippen LogP contribution in [0, 0.1) is 0 Å². The third-order valence-corrected chi connectivity index (χ3v) is 6.97. The zero-order valence-corrected chi connectivity index (χ0v) is 20.1. The number of anilines is 2. The van der Waals surface area contributed by atoms with Gasteiger partial charge in [-0.25, -0.2) is 0 Å². The summed E-state index contributed by atoms with van der Waals surface area (Å²) >= 11 is 0. The van der Waals surface area contributed by atoms with Gasteiger partial charge in [-0.3, -0.25) is 0 Å². The molecule has 0 fully saturated rings. The Morgan fingerprint density at radius 2 is 0.724 bits per heavy atom. The second-order valence-electron chi connectivity index (χ2n) is 9.14. The molecule has 0 aliphatic rings. The van der Waals surface area contributed by atoms with Crippen molar-refractivity contribution in [3.05, 3.63) is 58.7 Å². The van der Waals surface area contributed by atoms with E-state index >= 15 is 0 Å². The van der Waals surface area contributed by atoms with Gasteiger partial charge < -0.3 is 5.32 Å². The Hall–Kier alpha value is -1.76. The molecule has 0 aromatic heterocycles. The van der Waals surface area contributed by atoms with E-state index in [1.807, 2.05) is 0 Å². The highest BCUT2D eigenvalue weighted by atomic mass is 14.9. The normalized spacial score (nSPS) is 15.6. The van der Waals surface area contributed by atoms with E-state index in [0.29, 0.717) is 23.7 Å². The molecule has 160 valence electrons. The molecule has 0 aliphatic heterocycles. The van der Waals surface area contributed by atoms with Crippen LogP contribution in [0.4, 0.5) is 11.4 Å². The first kappa shape index (κ1) is 23.5. The second kappa shape index (κ2) is 10.9. The molecular formula is C28H43N. The summed E-state index contributed by atoms with van der Waals surface area (Å²) in [4.78, 5) is 0. The standard InChI is InChI=1S/C28H43N/c1-9-19(5)23-13-24(20(6)10-2)16-27(15-23)29-28-17-25(21(7)11-3)14-26(18-28)22(8)12-4/h13-22,29H,9-12H2,1-8H3. The summed E-state index contributed by atoms with van der Waals surface area (Å²) in [5.74, 6) is 2.34. The van der Waals surface area contributed by atoms with Gasteiger partial charge in [0.1, 0.15) is 0 Å². The fourth-order valence-corrected chi connectivity index (χ4v) is 3.75. The van der Waals surface area contributed by atoms with Gasteiger partial charge in [0, 0.05) is 11.4 Å². The molecule has 0 spiro atoms. The van der Waals surface area contributed by atoms with Gasteiger partial charge in [0.25, 0.3) is 0 Å². The highest BCUT2D eigenvalue weighted by Crippen LogP contribution is 2.33. The minimum absolute atomic E-state index is 0.585. The fourth-order valence-electron chi connectivity index (χ4n) is 3.75. The van der Waals surface area contributed by atoms with Crippen molar-refractivity contribution >= 4 is 11.4 Å². The minimum Gasteiger partial charge on any atom is -0.355 e. The van der Waals surface area contributed by atoms with Gasteiger partial charge >= 0.3 is 0 Å². The van der Waals surface area contributed by atoms with Gasteiger partial charge in [-0.2, -0.15) is 0 Å². The highest BCUT2D eigenvalue weighted by Gasteiger charge is 2.13. The molecule has 29 heavy (non-hydrogen) atoms. The Morgan fingerprint density at radius 3 is 0.931 bits per heavy atom. The Bertz CT molecular complexity index is 654. The van der Waals surface area contributed by atoms with Gasteiger partial charge in [-0.1, -0.05) is 67.5 Å². The lowest BCUT2D eigenvalue weighted by Crippen LogP contribution is -2.03. The number of hydrogen-bond acceptors (Lipinski definition) is 1. The summed E-state index contributed by atoms with van der Waals surface area (Å²) in [6.07, 6.45) is 4.69. The number of benzene rings is 2. The van der Waals surface area contributed by atoms with Gasteiger partial charge in [-0.15, -0.1) is 0 Å². The van der Waals surface area contributed by atoms with E-state index < -0.39 is 0 Å². The number of nitrogens with one attached hydrogen (secondary N) is 1. The van der Waals surface area contributed by atoms with Gasteiger partial charge in [0.2, 0.25) is 0 Å². The molecule has 0 saturated heterocycles. The molecule has 4 unspecified atom stereocenters. The second-order valence-corrected chi connectivity index (χ2v) is 9.14. The molecule has 2 aromatic rings. The maximum Gasteiger partial charge on any atom is 0.0389 e. The molecule has 0 amide bonds. The van der Waals surface area contributed by atoms with E-state index in [9.17, 15) is 0 Å². The van der Waals surface area contributed by atoms with Crippen LogP contribution in [0.1, 0.15) is 127 Å².